The van der Waals surface area contributed by atoms with Gasteiger partial charge in [0, 0.05) is 32.4 Å². The number of likely N-dealkylation sites (N-methyl/N-ethyl adjacent to an activating group) is 1. The van der Waals surface area contributed by atoms with Gasteiger partial charge in [0.15, 0.2) is 0 Å². The van der Waals surface area contributed by atoms with Gasteiger partial charge in [-0.3, -0.25) is 9.59 Å². The van der Waals surface area contributed by atoms with Crippen LogP contribution in [0.3, 0.4) is 0 Å². The summed E-state index contributed by atoms with van der Waals surface area (Å²) in [5.41, 5.74) is 2.23. The average Bonchev–Trinajstić information content (AvgIpc) is 3.22. The van der Waals surface area contributed by atoms with Crippen LogP contribution in [0.15, 0.2) is 41.8 Å². The zero-order valence-corrected chi connectivity index (χ0v) is 15.6. The molecule has 7 heteroatoms. The molecule has 0 saturated carbocycles. The maximum absolute atomic E-state index is 12.2. The number of amides is 2. The smallest absolute Gasteiger partial charge is 0.261 e. The third kappa shape index (κ3) is 4.83. The number of hydrogen-bond donors (Lipinski definition) is 1. The Balaban J connectivity index is 1.48. The Bertz CT molecular complexity index is 725. The van der Waals surface area contributed by atoms with Gasteiger partial charge in [0.25, 0.3) is 5.91 Å². The van der Waals surface area contributed by atoms with Crippen molar-refractivity contribution < 1.29 is 14.3 Å². The molecule has 2 heterocycles. The summed E-state index contributed by atoms with van der Waals surface area (Å²) in [5, 5.41) is 4.50. The van der Waals surface area contributed by atoms with Crippen LogP contribution >= 0.6 is 11.3 Å². The third-order valence-corrected chi connectivity index (χ3v) is 5.17. The molecule has 0 atom stereocenters. The minimum Gasteiger partial charge on any atom is -0.378 e. The molecule has 6 nitrogen and oxygen atoms in total. The predicted octanol–water partition coefficient (Wildman–Crippen LogP) is 1.97. The fourth-order valence-corrected chi connectivity index (χ4v) is 3.42. The van der Waals surface area contributed by atoms with Gasteiger partial charge in [0.05, 0.1) is 24.6 Å². The summed E-state index contributed by atoms with van der Waals surface area (Å²) in [6, 6.07) is 11.8. The second-order valence-electron chi connectivity index (χ2n) is 6.18. The molecule has 2 amide bonds. The van der Waals surface area contributed by atoms with Crippen molar-refractivity contribution in [3.05, 3.63) is 52.2 Å². The van der Waals surface area contributed by atoms with E-state index >= 15 is 0 Å². The summed E-state index contributed by atoms with van der Waals surface area (Å²) >= 11 is 1.36. The van der Waals surface area contributed by atoms with Crippen LogP contribution in [0.1, 0.15) is 15.2 Å². The van der Waals surface area contributed by atoms with Gasteiger partial charge in [-0.05, 0) is 29.1 Å². The van der Waals surface area contributed by atoms with Crippen molar-refractivity contribution in [2.24, 2.45) is 0 Å². The molecule has 1 fully saturated rings. The van der Waals surface area contributed by atoms with Gasteiger partial charge in [-0.15, -0.1) is 11.3 Å². The number of rotatable bonds is 6. The Morgan fingerprint density at radius 2 is 1.92 bits per heavy atom. The van der Waals surface area contributed by atoms with Crippen LogP contribution in [0.25, 0.3) is 0 Å². The number of thiophene rings is 1. The van der Waals surface area contributed by atoms with E-state index < -0.39 is 0 Å². The van der Waals surface area contributed by atoms with Gasteiger partial charge in [0.2, 0.25) is 5.91 Å². The largest absolute Gasteiger partial charge is 0.378 e. The maximum Gasteiger partial charge on any atom is 0.261 e. The van der Waals surface area contributed by atoms with Crippen LogP contribution in [-0.4, -0.2) is 56.6 Å². The SMILES string of the molecule is CN(Cc1ccc(N2CCOCC2)cc1)C(=O)CNC(=O)c1cccs1. The van der Waals surface area contributed by atoms with Crippen LogP contribution in [0.2, 0.25) is 0 Å². The first kappa shape index (κ1) is 18.4. The molecule has 1 aromatic carbocycles. The van der Waals surface area contributed by atoms with E-state index in [2.05, 4.69) is 22.3 Å². The van der Waals surface area contributed by atoms with Gasteiger partial charge in [-0.25, -0.2) is 0 Å². The summed E-state index contributed by atoms with van der Waals surface area (Å²) < 4.78 is 5.37. The molecule has 0 bridgehead atoms. The maximum atomic E-state index is 12.2. The second-order valence-corrected chi connectivity index (χ2v) is 7.12. The summed E-state index contributed by atoms with van der Waals surface area (Å²) in [5.74, 6) is -0.330. The van der Waals surface area contributed by atoms with Crippen LogP contribution in [0.5, 0.6) is 0 Å². The van der Waals surface area contributed by atoms with Gasteiger partial charge in [-0.1, -0.05) is 18.2 Å². The summed E-state index contributed by atoms with van der Waals surface area (Å²) in [6.45, 7) is 3.84. The average molecular weight is 373 g/mol. The lowest BCUT2D eigenvalue weighted by Crippen LogP contribution is -2.37. The first-order valence-electron chi connectivity index (χ1n) is 8.61. The van der Waals surface area contributed by atoms with Crippen molar-refractivity contribution >= 4 is 28.8 Å². The molecule has 1 aromatic heterocycles. The lowest BCUT2D eigenvalue weighted by molar-refractivity contribution is -0.129. The number of hydrogen-bond acceptors (Lipinski definition) is 5. The van der Waals surface area contributed by atoms with E-state index in [4.69, 9.17) is 4.74 Å². The Morgan fingerprint density at radius 1 is 1.19 bits per heavy atom. The Morgan fingerprint density at radius 3 is 2.58 bits per heavy atom. The van der Waals surface area contributed by atoms with E-state index in [1.807, 2.05) is 23.6 Å². The van der Waals surface area contributed by atoms with Crippen molar-refractivity contribution in [2.45, 2.75) is 6.54 Å². The molecule has 1 saturated heterocycles. The third-order valence-electron chi connectivity index (χ3n) is 4.30. The topological polar surface area (TPSA) is 61.9 Å². The molecule has 26 heavy (non-hydrogen) atoms. The standard InChI is InChI=1S/C19H23N3O3S/c1-21(18(23)13-20-19(24)17-3-2-12-26-17)14-15-4-6-16(7-5-15)22-8-10-25-11-9-22/h2-7,12H,8-11,13-14H2,1H3,(H,20,24). The lowest BCUT2D eigenvalue weighted by Gasteiger charge is -2.29. The lowest BCUT2D eigenvalue weighted by atomic mass is 10.1. The van der Waals surface area contributed by atoms with E-state index in [-0.39, 0.29) is 18.4 Å². The fraction of sp³-hybridized carbons (Fsp3) is 0.368. The molecular weight excluding hydrogens is 350 g/mol. The van der Waals surface area contributed by atoms with Crippen molar-refractivity contribution in [3.8, 4) is 0 Å². The molecule has 3 rings (SSSR count). The van der Waals surface area contributed by atoms with Crippen LogP contribution < -0.4 is 10.2 Å². The van der Waals surface area contributed by atoms with Gasteiger partial charge < -0.3 is 19.9 Å². The van der Waals surface area contributed by atoms with E-state index in [1.165, 1.54) is 17.0 Å². The Hall–Kier alpha value is -2.38. The highest BCUT2D eigenvalue weighted by molar-refractivity contribution is 7.12. The van der Waals surface area contributed by atoms with Crippen molar-refractivity contribution in [1.29, 1.82) is 0 Å². The summed E-state index contributed by atoms with van der Waals surface area (Å²) in [7, 11) is 1.75. The van der Waals surface area contributed by atoms with Crippen LogP contribution in [-0.2, 0) is 16.1 Å². The van der Waals surface area contributed by atoms with Crippen molar-refractivity contribution in [2.75, 3.05) is 44.8 Å². The first-order chi connectivity index (χ1) is 12.6. The normalized spacial score (nSPS) is 14.1. The Kier molecular flexibility index (Phi) is 6.25. The minimum absolute atomic E-state index is 0.000898. The molecule has 0 aliphatic carbocycles. The number of carbonyl (C=O) groups is 2. The number of nitrogens with zero attached hydrogens (tertiary/aromatic N) is 2. The van der Waals surface area contributed by atoms with Crippen molar-refractivity contribution in [3.63, 3.8) is 0 Å². The minimum atomic E-state index is -0.211. The Labute approximate surface area is 157 Å². The first-order valence-corrected chi connectivity index (χ1v) is 9.49. The number of carbonyl (C=O) groups excluding carboxylic acids is 2. The molecule has 1 N–H and O–H groups in total. The van der Waals surface area contributed by atoms with Gasteiger partial charge in [0.1, 0.15) is 0 Å². The molecule has 138 valence electrons. The van der Waals surface area contributed by atoms with Gasteiger partial charge in [-0.2, -0.15) is 0 Å². The van der Waals surface area contributed by atoms with E-state index in [0.717, 1.165) is 31.9 Å². The number of nitrogens with one attached hydrogen (secondary N) is 1. The van der Waals surface area contributed by atoms with E-state index in [1.54, 1.807) is 18.0 Å². The fourth-order valence-electron chi connectivity index (χ4n) is 2.78. The molecular formula is C19H23N3O3S. The number of benzene rings is 1. The number of anilines is 1. The molecule has 0 unspecified atom stereocenters. The van der Waals surface area contributed by atoms with Crippen molar-refractivity contribution in [1.82, 2.24) is 10.2 Å². The zero-order valence-electron chi connectivity index (χ0n) is 14.8. The zero-order chi connectivity index (χ0) is 18.4. The second kappa shape index (κ2) is 8.82. The number of morpholine rings is 1. The van der Waals surface area contributed by atoms with E-state index in [0.29, 0.717) is 11.4 Å². The molecule has 2 aromatic rings. The van der Waals surface area contributed by atoms with Crippen LogP contribution in [0.4, 0.5) is 5.69 Å². The van der Waals surface area contributed by atoms with Crippen LogP contribution in [0, 0.1) is 0 Å². The highest BCUT2D eigenvalue weighted by Crippen LogP contribution is 2.17. The monoisotopic (exact) mass is 373 g/mol. The highest BCUT2D eigenvalue weighted by Gasteiger charge is 2.14. The summed E-state index contributed by atoms with van der Waals surface area (Å²) in [6.07, 6.45) is 0. The van der Waals surface area contributed by atoms with E-state index in [9.17, 15) is 9.59 Å². The summed E-state index contributed by atoms with van der Waals surface area (Å²) in [4.78, 5) is 28.6. The number of ether oxygens (including phenoxy) is 1. The highest BCUT2D eigenvalue weighted by atomic mass is 32.1. The predicted molar refractivity (Wildman–Crippen MR) is 103 cm³/mol. The molecule has 1 aliphatic heterocycles. The quantitative estimate of drug-likeness (QED) is 0.841. The molecule has 0 spiro atoms. The molecule has 0 radical (unpaired) electrons. The molecule has 1 aliphatic rings. The van der Waals surface area contributed by atoms with Gasteiger partial charge >= 0.3 is 0 Å².